The summed E-state index contributed by atoms with van der Waals surface area (Å²) in [5, 5.41) is 28.2. The van der Waals surface area contributed by atoms with Crippen molar-refractivity contribution >= 4 is 59.9 Å². The Hall–Kier alpha value is -4.44. The first-order valence-electron chi connectivity index (χ1n) is 21.4. The molecule has 4 heterocycles. The van der Waals surface area contributed by atoms with E-state index < -0.39 is 32.2 Å². The number of anilines is 2. The van der Waals surface area contributed by atoms with Crippen LogP contribution in [0.25, 0.3) is 10.9 Å². The van der Waals surface area contributed by atoms with Gasteiger partial charge in [-0.2, -0.15) is 5.10 Å². The fraction of sp³-hybridized carbons (Fsp3) is 0.478. The molecule has 2 saturated heterocycles. The van der Waals surface area contributed by atoms with Gasteiger partial charge in [0.25, 0.3) is 8.32 Å². The zero-order chi connectivity index (χ0) is 42.6. The fourth-order valence-electron chi connectivity index (χ4n) is 9.81. The minimum absolute atomic E-state index is 0.0383. The van der Waals surface area contributed by atoms with Crippen LogP contribution in [0.5, 0.6) is 0 Å². The van der Waals surface area contributed by atoms with Crippen molar-refractivity contribution in [1.29, 1.82) is 0 Å². The molecule has 316 valence electrons. The largest absolute Gasteiger partial charge is 0.488 e. The lowest BCUT2D eigenvalue weighted by atomic mass is 9.71. The van der Waals surface area contributed by atoms with Crippen LogP contribution < -0.4 is 20.7 Å². The van der Waals surface area contributed by atoms with E-state index in [9.17, 15) is 19.6 Å². The number of fused-ring (bicyclic) bond motifs is 1. The van der Waals surface area contributed by atoms with Gasteiger partial charge < -0.3 is 24.3 Å². The van der Waals surface area contributed by atoms with Gasteiger partial charge in [-0.15, -0.1) is 0 Å². The molecule has 0 radical (unpaired) electrons. The van der Waals surface area contributed by atoms with E-state index in [4.69, 9.17) is 14.5 Å². The summed E-state index contributed by atoms with van der Waals surface area (Å²) < 4.78 is 14.1. The van der Waals surface area contributed by atoms with Crippen LogP contribution in [0.3, 0.4) is 0 Å². The maximum atomic E-state index is 13.8. The molecule has 60 heavy (non-hydrogen) atoms. The molecule has 3 aliphatic rings. The minimum Gasteiger partial charge on any atom is -0.443 e. The van der Waals surface area contributed by atoms with Crippen molar-refractivity contribution in [3.8, 4) is 0 Å². The summed E-state index contributed by atoms with van der Waals surface area (Å²) in [6.45, 7) is 17.0. The number of carbonyl (C=O) groups excluding carboxylic acids is 1. The molecule has 3 aromatic carbocycles. The number of ether oxygens (including phenoxy) is 2. The van der Waals surface area contributed by atoms with Gasteiger partial charge in [-0.25, -0.2) is 19.7 Å². The molecule has 12 nitrogen and oxygen atoms in total. The van der Waals surface area contributed by atoms with Gasteiger partial charge in [0.2, 0.25) is 5.95 Å². The molecule has 8 rings (SSSR count). The molecule has 2 aromatic heterocycles. The van der Waals surface area contributed by atoms with Gasteiger partial charge in [-0.3, -0.25) is 9.58 Å². The van der Waals surface area contributed by atoms with Crippen LogP contribution in [-0.4, -0.2) is 98.5 Å². The van der Waals surface area contributed by atoms with Crippen molar-refractivity contribution in [3.05, 3.63) is 96.4 Å². The van der Waals surface area contributed by atoms with E-state index >= 15 is 0 Å². The predicted molar refractivity (Wildman–Crippen MR) is 238 cm³/mol. The third-order valence-corrected chi connectivity index (χ3v) is 17.8. The molecule has 3 N–H and O–H groups in total. The van der Waals surface area contributed by atoms with E-state index in [1.807, 2.05) is 74.8 Å². The van der Waals surface area contributed by atoms with Crippen LogP contribution in [0.1, 0.15) is 96.9 Å². The number of rotatable bonds is 11. The Labute approximate surface area is 354 Å². The van der Waals surface area contributed by atoms with Gasteiger partial charge in [0, 0.05) is 23.0 Å². The number of amides is 1. The van der Waals surface area contributed by atoms with Crippen molar-refractivity contribution in [2.75, 3.05) is 31.2 Å². The average Bonchev–Trinajstić information content (AvgIpc) is 3.91. The lowest BCUT2D eigenvalue weighted by molar-refractivity contribution is 0.0359. The van der Waals surface area contributed by atoms with Crippen LogP contribution in [0.2, 0.25) is 5.04 Å². The van der Waals surface area contributed by atoms with Crippen molar-refractivity contribution in [1.82, 2.24) is 24.6 Å². The minimum atomic E-state index is -3.22. The quantitative estimate of drug-likeness (QED) is 0.141. The molecule has 3 fully saturated rings. The average molecular weight is 831 g/mol. The molecule has 2 atom stereocenters. The third kappa shape index (κ3) is 7.93. The van der Waals surface area contributed by atoms with Gasteiger partial charge in [0.1, 0.15) is 5.60 Å². The Morgan fingerprint density at radius 3 is 2.18 bits per heavy atom. The maximum Gasteiger partial charge on any atom is 0.488 e. The number of nitrogens with zero attached hydrogens (tertiary/aromatic N) is 6. The number of likely N-dealkylation sites (tertiary alicyclic amines) is 1. The Morgan fingerprint density at radius 1 is 0.967 bits per heavy atom. The topological polar surface area (TPSA) is 146 Å². The molecule has 1 amide bonds. The fourth-order valence-corrected chi connectivity index (χ4v) is 13.6. The Bertz CT molecular complexity index is 2290. The van der Waals surface area contributed by atoms with E-state index in [2.05, 4.69) is 60.0 Å². The summed E-state index contributed by atoms with van der Waals surface area (Å²) in [5.41, 5.74) is 2.24. The lowest BCUT2D eigenvalue weighted by Crippen LogP contribution is -2.66. The van der Waals surface area contributed by atoms with Crippen molar-refractivity contribution in [2.45, 2.75) is 109 Å². The van der Waals surface area contributed by atoms with E-state index in [1.54, 1.807) is 18.5 Å². The molecular weight excluding hydrogens is 771 g/mol. The summed E-state index contributed by atoms with van der Waals surface area (Å²) in [6, 6.07) is 24.4. The van der Waals surface area contributed by atoms with Gasteiger partial charge in [0.05, 0.1) is 42.4 Å². The number of aromatic nitrogens is 4. The van der Waals surface area contributed by atoms with E-state index in [-0.39, 0.29) is 23.3 Å². The second kappa shape index (κ2) is 16.1. The van der Waals surface area contributed by atoms with Gasteiger partial charge in [-0.05, 0) is 118 Å². The zero-order valence-corrected chi connectivity index (χ0v) is 37.0. The predicted octanol–water partition coefficient (Wildman–Crippen LogP) is 5.73. The number of hydrogen-bond donors (Lipinski definition) is 3. The molecule has 5 aromatic rings. The molecule has 14 heteroatoms. The highest BCUT2D eigenvalue weighted by atomic mass is 28.4. The monoisotopic (exact) mass is 830 g/mol. The molecule has 0 spiro atoms. The zero-order valence-electron chi connectivity index (χ0n) is 36.0. The first-order valence-corrected chi connectivity index (χ1v) is 23.3. The van der Waals surface area contributed by atoms with Gasteiger partial charge in [0.15, 0.2) is 0 Å². The number of hydrogen-bond acceptors (Lipinski definition) is 10. The Balaban J connectivity index is 1.05. The number of benzene rings is 3. The normalized spacial score (nSPS) is 20.7. The summed E-state index contributed by atoms with van der Waals surface area (Å²) in [6.07, 6.45) is 7.17. The van der Waals surface area contributed by atoms with Crippen LogP contribution in [0.15, 0.2) is 85.2 Å². The molecule has 0 bridgehead atoms. The second-order valence-electron chi connectivity index (χ2n) is 19.1. The molecule has 1 saturated carbocycles. The highest BCUT2D eigenvalue weighted by molar-refractivity contribution is 6.98. The van der Waals surface area contributed by atoms with Crippen LogP contribution >= 0.6 is 0 Å². The Morgan fingerprint density at radius 2 is 1.60 bits per heavy atom. The maximum absolute atomic E-state index is 13.8. The van der Waals surface area contributed by atoms with Gasteiger partial charge >= 0.3 is 13.2 Å². The molecule has 0 unspecified atom stereocenters. The van der Waals surface area contributed by atoms with Gasteiger partial charge in [-0.1, -0.05) is 80.6 Å². The van der Waals surface area contributed by atoms with Crippen molar-refractivity contribution < 1.29 is 29.1 Å². The smallest absolute Gasteiger partial charge is 0.443 e. The lowest BCUT2D eigenvalue weighted by Gasteiger charge is -2.49. The highest BCUT2D eigenvalue weighted by Gasteiger charge is 2.55. The highest BCUT2D eigenvalue weighted by Crippen LogP contribution is 2.48. The first kappa shape index (κ1) is 42.3. The SMILES string of the molecule is Cc1c(N(C(=O)OC(C)(C)C)c2ncc3cc(B(O)O)c(C4CCN([C@@]5(C)COC[C@H]5CC(C)(C)[Si](O)(c5ccccc5)c5ccccc5)CC4)cc3n2)cnn1C1CC1. The standard InChI is InChI=1S/C46H59BN6O6Si/c1-31-41(28-49-53(31)35-18-19-35)52(43(54)59-44(2,3)4)42-48-27-33-24-39(47(55)56)38(25-40(33)50-42)32-20-22-51(23-21-32)46(7)30-58-29-34(46)26-45(5,6)60(57,36-14-10-8-11-15-36)37-16-12-9-13-17-37/h8-17,24-25,27-28,32,34-35,55-57H,18-23,26,29-30H2,1-7H3/t34-,46+/m1/s1. The summed E-state index contributed by atoms with van der Waals surface area (Å²) in [4.78, 5) is 40.3. The molecule has 1 aliphatic carbocycles. The van der Waals surface area contributed by atoms with E-state index in [0.29, 0.717) is 41.3 Å². The summed E-state index contributed by atoms with van der Waals surface area (Å²) in [7, 11) is -4.90. The van der Waals surface area contributed by atoms with E-state index in [0.717, 1.165) is 66.8 Å². The molecular formula is C46H59BN6O6Si. The molecule has 2 aliphatic heterocycles. The second-order valence-corrected chi connectivity index (χ2v) is 23.0. The first-order chi connectivity index (χ1) is 28.5. The summed E-state index contributed by atoms with van der Waals surface area (Å²) in [5.74, 6) is 0.385. The number of piperidine rings is 1. The Kier molecular flexibility index (Phi) is 11.3. The third-order valence-electron chi connectivity index (χ3n) is 13.3. The number of carbonyl (C=O) groups is 1. The van der Waals surface area contributed by atoms with E-state index in [1.165, 1.54) is 4.90 Å². The van der Waals surface area contributed by atoms with Crippen molar-refractivity contribution in [3.63, 3.8) is 0 Å². The van der Waals surface area contributed by atoms with Crippen molar-refractivity contribution in [2.24, 2.45) is 5.92 Å². The van der Waals surface area contributed by atoms with Crippen LogP contribution in [-0.2, 0) is 9.47 Å². The summed E-state index contributed by atoms with van der Waals surface area (Å²) >= 11 is 0. The van der Waals surface area contributed by atoms with Crippen LogP contribution in [0.4, 0.5) is 16.4 Å². The van der Waals surface area contributed by atoms with Crippen LogP contribution in [0, 0.1) is 12.8 Å².